The number of nitrogens with zero attached hydrogens (tertiary/aromatic N) is 2. The summed E-state index contributed by atoms with van der Waals surface area (Å²) in [5, 5.41) is 9.18. The maximum absolute atomic E-state index is 12.7. The smallest absolute Gasteiger partial charge is 0.241 e. The second-order valence-corrected chi connectivity index (χ2v) is 7.97. The second kappa shape index (κ2) is 7.07. The van der Waals surface area contributed by atoms with Crippen molar-refractivity contribution in [2.75, 3.05) is 25.4 Å². The van der Waals surface area contributed by atoms with Gasteiger partial charge in [-0.3, -0.25) is 4.79 Å². The first kappa shape index (κ1) is 16.7. The lowest BCUT2D eigenvalue weighted by Crippen LogP contribution is -2.53. The lowest BCUT2D eigenvalue weighted by atomic mass is 9.91. The molecular weight excluding hydrogens is 292 g/mol. The molecule has 0 aromatic carbocycles. The van der Waals surface area contributed by atoms with Crippen molar-refractivity contribution in [3.63, 3.8) is 0 Å². The summed E-state index contributed by atoms with van der Waals surface area (Å²) >= 11 is 0. The van der Waals surface area contributed by atoms with E-state index in [0.29, 0.717) is 25.9 Å². The highest BCUT2D eigenvalue weighted by molar-refractivity contribution is 7.89. The number of aliphatic hydroxyl groups is 1. The monoisotopic (exact) mass is 318 g/mol. The minimum atomic E-state index is -3.34. The van der Waals surface area contributed by atoms with Crippen molar-refractivity contribution in [2.45, 2.75) is 57.5 Å². The van der Waals surface area contributed by atoms with E-state index in [2.05, 4.69) is 0 Å². The zero-order chi connectivity index (χ0) is 15.5. The van der Waals surface area contributed by atoms with Crippen LogP contribution in [0.25, 0.3) is 0 Å². The van der Waals surface area contributed by atoms with Gasteiger partial charge in [0.1, 0.15) is 6.04 Å². The van der Waals surface area contributed by atoms with Crippen molar-refractivity contribution in [1.82, 2.24) is 9.21 Å². The van der Waals surface area contributed by atoms with E-state index in [1.807, 2.05) is 6.92 Å². The van der Waals surface area contributed by atoms with Crippen molar-refractivity contribution >= 4 is 15.9 Å². The van der Waals surface area contributed by atoms with Crippen LogP contribution in [-0.2, 0) is 14.8 Å². The van der Waals surface area contributed by atoms with Crippen LogP contribution in [0.3, 0.4) is 0 Å². The van der Waals surface area contributed by atoms with Crippen molar-refractivity contribution in [2.24, 2.45) is 0 Å². The lowest BCUT2D eigenvalue weighted by Gasteiger charge is -2.39. The minimum absolute atomic E-state index is 0.0727. The van der Waals surface area contributed by atoms with Crippen LogP contribution in [0, 0.1) is 0 Å². The summed E-state index contributed by atoms with van der Waals surface area (Å²) in [4.78, 5) is 14.4. The Kier molecular flexibility index (Phi) is 5.62. The normalized spacial score (nSPS) is 24.0. The quantitative estimate of drug-likeness (QED) is 0.744. The van der Waals surface area contributed by atoms with Gasteiger partial charge in [-0.15, -0.1) is 0 Å². The molecule has 0 spiro atoms. The first-order valence-corrected chi connectivity index (χ1v) is 9.53. The van der Waals surface area contributed by atoms with Crippen LogP contribution in [0.4, 0.5) is 0 Å². The average molecular weight is 318 g/mol. The van der Waals surface area contributed by atoms with E-state index in [4.69, 9.17) is 0 Å². The molecule has 0 aromatic heterocycles. The molecule has 0 aromatic rings. The number of sulfonamides is 1. The molecule has 1 heterocycles. The number of amides is 1. The Morgan fingerprint density at radius 2 is 2.00 bits per heavy atom. The first-order valence-electron chi connectivity index (χ1n) is 7.92. The predicted molar refractivity (Wildman–Crippen MR) is 80.2 cm³/mol. The molecule has 122 valence electrons. The van der Waals surface area contributed by atoms with Crippen LogP contribution in [0.2, 0.25) is 0 Å². The number of carbonyl (C=O) groups excluding carboxylic acids is 1. The number of hydrogen-bond acceptors (Lipinski definition) is 4. The molecule has 0 radical (unpaired) electrons. The van der Waals surface area contributed by atoms with Gasteiger partial charge in [0.15, 0.2) is 0 Å². The second-order valence-electron chi connectivity index (χ2n) is 5.92. The molecule has 21 heavy (non-hydrogen) atoms. The summed E-state index contributed by atoms with van der Waals surface area (Å²) in [6, 6.07) is -0.380. The highest BCUT2D eigenvalue weighted by Crippen LogP contribution is 2.29. The molecule has 2 rings (SSSR count). The molecular formula is C14H26N2O4S. The number of hydrogen-bond donors (Lipinski definition) is 1. The van der Waals surface area contributed by atoms with E-state index in [-0.39, 0.29) is 24.3 Å². The molecule has 2 fully saturated rings. The van der Waals surface area contributed by atoms with Crippen LogP contribution < -0.4 is 0 Å². The summed E-state index contributed by atoms with van der Waals surface area (Å²) in [7, 11) is -3.34. The van der Waals surface area contributed by atoms with Crippen molar-refractivity contribution in [3.05, 3.63) is 0 Å². The van der Waals surface area contributed by atoms with E-state index in [9.17, 15) is 18.3 Å². The maximum atomic E-state index is 12.7. The summed E-state index contributed by atoms with van der Waals surface area (Å²) in [5.74, 6) is -0.0221. The molecule has 1 aliphatic heterocycles. The topological polar surface area (TPSA) is 77.9 Å². The van der Waals surface area contributed by atoms with Gasteiger partial charge in [-0.05, 0) is 38.5 Å². The van der Waals surface area contributed by atoms with Gasteiger partial charge in [-0.25, -0.2) is 8.42 Å². The zero-order valence-corrected chi connectivity index (χ0v) is 13.5. The summed E-state index contributed by atoms with van der Waals surface area (Å²) < 4.78 is 26.0. The fraction of sp³-hybridized carbons (Fsp3) is 0.929. The molecule has 7 heteroatoms. The van der Waals surface area contributed by atoms with E-state index >= 15 is 0 Å². The molecule has 1 N–H and O–H groups in total. The van der Waals surface area contributed by atoms with Gasteiger partial charge in [-0.2, -0.15) is 4.31 Å². The van der Waals surface area contributed by atoms with Gasteiger partial charge in [-0.1, -0.05) is 6.92 Å². The standard InChI is InChI=1S/C14H26N2O4S/c1-2-11-21(19,20)16-8-4-7-13(16)14(18)15(9-10-17)12-5-3-6-12/h12-13,17H,2-11H2,1H3. The van der Waals surface area contributed by atoms with Gasteiger partial charge in [0, 0.05) is 19.1 Å². The molecule has 0 bridgehead atoms. The molecule has 1 saturated carbocycles. The summed E-state index contributed by atoms with van der Waals surface area (Å²) in [6.07, 6.45) is 4.90. The fourth-order valence-corrected chi connectivity index (χ4v) is 4.91. The van der Waals surface area contributed by atoms with Crippen molar-refractivity contribution in [3.8, 4) is 0 Å². The highest BCUT2D eigenvalue weighted by atomic mass is 32.2. The van der Waals surface area contributed by atoms with E-state index < -0.39 is 16.1 Å². The van der Waals surface area contributed by atoms with Crippen LogP contribution >= 0.6 is 0 Å². The summed E-state index contributed by atoms with van der Waals surface area (Å²) in [5.41, 5.74) is 0. The van der Waals surface area contributed by atoms with Crippen molar-refractivity contribution < 1.29 is 18.3 Å². The number of rotatable bonds is 7. The Labute approximate surface area is 127 Å². The van der Waals surface area contributed by atoms with Gasteiger partial charge in [0.25, 0.3) is 0 Å². The third kappa shape index (κ3) is 3.57. The SMILES string of the molecule is CCCS(=O)(=O)N1CCCC1C(=O)N(CCO)C1CCC1. The van der Waals surface area contributed by atoms with Crippen molar-refractivity contribution in [1.29, 1.82) is 0 Å². The van der Waals surface area contributed by atoms with E-state index in [1.165, 1.54) is 4.31 Å². The average Bonchev–Trinajstić information content (AvgIpc) is 2.85. The predicted octanol–water partition coefficient (Wildman–Crippen LogP) is 0.564. The number of carbonyl (C=O) groups is 1. The van der Waals surface area contributed by atoms with E-state index in [1.54, 1.807) is 4.90 Å². The molecule has 2 aliphatic rings. The van der Waals surface area contributed by atoms with Gasteiger partial charge < -0.3 is 10.0 Å². The molecule has 6 nitrogen and oxygen atoms in total. The molecule has 1 atom stereocenters. The molecule has 1 unspecified atom stereocenters. The summed E-state index contributed by atoms with van der Waals surface area (Å²) in [6.45, 7) is 2.51. The zero-order valence-electron chi connectivity index (χ0n) is 12.7. The Bertz CT molecular complexity index is 462. The lowest BCUT2D eigenvalue weighted by molar-refractivity contribution is -0.139. The Morgan fingerprint density at radius 3 is 2.52 bits per heavy atom. The Balaban J connectivity index is 2.12. The molecule has 1 saturated heterocycles. The Hall–Kier alpha value is -0.660. The third-order valence-corrected chi connectivity index (χ3v) is 6.52. The molecule has 1 aliphatic carbocycles. The number of aliphatic hydroxyl groups excluding tert-OH is 1. The fourth-order valence-electron chi connectivity index (χ4n) is 3.17. The Morgan fingerprint density at radius 1 is 1.29 bits per heavy atom. The highest BCUT2D eigenvalue weighted by Gasteiger charge is 2.41. The van der Waals surface area contributed by atoms with Gasteiger partial charge in [0.05, 0.1) is 12.4 Å². The largest absolute Gasteiger partial charge is 0.395 e. The molecule has 1 amide bonds. The van der Waals surface area contributed by atoms with Gasteiger partial charge in [0.2, 0.25) is 15.9 Å². The third-order valence-electron chi connectivity index (χ3n) is 4.45. The van der Waals surface area contributed by atoms with Crippen LogP contribution in [0.15, 0.2) is 0 Å². The van der Waals surface area contributed by atoms with Crippen LogP contribution in [0.5, 0.6) is 0 Å². The van der Waals surface area contributed by atoms with Crippen LogP contribution in [0.1, 0.15) is 45.4 Å². The van der Waals surface area contributed by atoms with Gasteiger partial charge >= 0.3 is 0 Å². The first-order chi connectivity index (χ1) is 10.0. The minimum Gasteiger partial charge on any atom is -0.395 e. The van der Waals surface area contributed by atoms with Crippen LogP contribution in [-0.4, -0.2) is 66.2 Å². The van der Waals surface area contributed by atoms with E-state index in [0.717, 1.165) is 25.7 Å². The maximum Gasteiger partial charge on any atom is 0.241 e.